The first-order chi connectivity index (χ1) is 10.5. The van der Waals surface area contributed by atoms with Gasteiger partial charge in [-0.05, 0) is 11.0 Å². The molecule has 0 heterocycles. The van der Waals surface area contributed by atoms with E-state index in [1.165, 1.54) is 11.1 Å². The van der Waals surface area contributed by atoms with E-state index in [0.717, 1.165) is 0 Å². The summed E-state index contributed by atoms with van der Waals surface area (Å²) in [6.45, 7) is 18.2. The Kier molecular flexibility index (Phi) is 8.89. The Morgan fingerprint density at radius 2 is 1.54 bits per heavy atom. The van der Waals surface area contributed by atoms with Gasteiger partial charge < -0.3 is 0 Å². The van der Waals surface area contributed by atoms with Gasteiger partial charge in [0.15, 0.2) is 0 Å². The molecule has 1 nitrogen and oxygen atoms in total. The van der Waals surface area contributed by atoms with Crippen LogP contribution in [-0.4, -0.2) is 16.5 Å². The van der Waals surface area contributed by atoms with Crippen molar-refractivity contribution in [2.24, 2.45) is 0 Å². The van der Waals surface area contributed by atoms with Crippen LogP contribution < -0.4 is 3.80 Å². The first-order valence-corrected chi connectivity index (χ1v) is 13.1. The molecule has 2 rings (SSSR count). The molecule has 1 aliphatic rings. The van der Waals surface area contributed by atoms with E-state index in [1.807, 2.05) is 0 Å². The van der Waals surface area contributed by atoms with Crippen LogP contribution in [0, 0.1) is 0 Å². The summed E-state index contributed by atoms with van der Waals surface area (Å²) < 4.78 is 4.63. The maximum atomic E-state index is 3.98. The number of hydrogen-bond donors (Lipinski definition) is 1. The van der Waals surface area contributed by atoms with E-state index in [-0.39, 0.29) is 16.5 Å². The number of rotatable bonds is 3. The van der Waals surface area contributed by atoms with Gasteiger partial charge in [0.25, 0.3) is 0 Å². The average molecular weight is 379 g/mol. The van der Waals surface area contributed by atoms with Crippen molar-refractivity contribution < 1.29 is 16.8 Å². The molecule has 134 valence electrons. The van der Waals surface area contributed by atoms with Crippen molar-refractivity contribution in [3.8, 4) is 0 Å². The van der Waals surface area contributed by atoms with E-state index in [0.29, 0.717) is 4.22 Å². The summed E-state index contributed by atoms with van der Waals surface area (Å²) >= 11 is -2.14. The maximum Gasteiger partial charge on any atom is -0.0149 e. The second kappa shape index (κ2) is 9.15. The van der Waals surface area contributed by atoms with E-state index >= 15 is 0 Å². The van der Waals surface area contributed by atoms with Crippen LogP contribution in [0.25, 0.3) is 5.57 Å². The molecule has 3 heteroatoms. The minimum atomic E-state index is -2.14. The van der Waals surface area contributed by atoms with Gasteiger partial charge in [-0.3, -0.25) is 0 Å². The van der Waals surface area contributed by atoms with Crippen LogP contribution in [0.2, 0.25) is 10.5 Å². The van der Waals surface area contributed by atoms with Crippen molar-refractivity contribution in [3.63, 3.8) is 0 Å². The number of hydrogen-bond acceptors (Lipinski definition) is 1. The molecule has 0 saturated heterocycles. The summed E-state index contributed by atoms with van der Waals surface area (Å²) in [5, 5.41) is 5.02. The molecule has 0 spiro atoms. The first kappa shape index (κ1) is 23.3. The van der Waals surface area contributed by atoms with E-state index in [1.54, 1.807) is 23.3 Å². The quantitative estimate of drug-likeness (QED) is 0.576. The summed E-state index contributed by atoms with van der Waals surface area (Å²) in [5.74, 6) is 0. The van der Waals surface area contributed by atoms with E-state index in [9.17, 15) is 0 Å². The zero-order valence-electron chi connectivity index (χ0n) is 16.0. The molecule has 1 N–H and O–H groups in total. The van der Waals surface area contributed by atoms with Crippen molar-refractivity contribution >= 4 is 16.5 Å². The molecule has 0 aliphatic heterocycles. The fourth-order valence-corrected chi connectivity index (χ4v) is 10.6. The van der Waals surface area contributed by atoms with Gasteiger partial charge in [-0.25, -0.2) is 0 Å². The van der Waals surface area contributed by atoms with Gasteiger partial charge >= 0.3 is 122 Å². The summed E-state index contributed by atoms with van der Waals surface area (Å²) in [6.07, 6.45) is 3.28. The summed E-state index contributed by atoms with van der Waals surface area (Å²) in [5.41, 5.74) is 6.31. The first-order valence-electron chi connectivity index (χ1n) is 8.34. The van der Waals surface area contributed by atoms with Gasteiger partial charge in [-0.1, -0.05) is 25.3 Å². The Morgan fingerprint density at radius 1 is 1.04 bits per heavy atom. The molecular formula is C21H37NSiTi. The van der Waals surface area contributed by atoms with E-state index < -0.39 is 16.8 Å². The Balaban J connectivity index is 0.000000954. The molecule has 0 saturated carbocycles. The number of fused-ring (bicyclic) bond motifs is 1. The van der Waals surface area contributed by atoms with Crippen LogP contribution in [0.1, 0.15) is 50.0 Å². The summed E-state index contributed by atoms with van der Waals surface area (Å²) in [4.78, 5) is 0. The third kappa shape index (κ3) is 5.70. The van der Waals surface area contributed by atoms with Crippen LogP contribution in [0.3, 0.4) is 0 Å². The number of benzene rings is 1. The summed E-state index contributed by atoms with van der Waals surface area (Å²) in [6, 6.07) is 8.96. The van der Waals surface area contributed by atoms with Gasteiger partial charge in [0, 0.05) is 0 Å². The van der Waals surface area contributed by atoms with Gasteiger partial charge in [-0.2, -0.15) is 0 Å². The Morgan fingerprint density at radius 3 is 2.00 bits per heavy atom. The van der Waals surface area contributed by atoms with Crippen molar-refractivity contribution in [1.82, 2.24) is 3.80 Å². The minimum Gasteiger partial charge on any atom is -0.0149 e. The molecule has 1 aromatic carbocycles. The SMILES string of the molecule is C=CC=C.CC1=C(C)[CH]([Ti]([CH3])([CH3])[NH]C(C)(C)C)c2ccccc21.[SiH4]. The van der Waals surface area contributed by atoms with Crippen molar-refractivity contribution in [1.29, 1.82) is 0 Å². The molecule has 0 amide bonds. The largest absolute Gasteiger partial charge is 0.0149 e. The van der Waals surface area contributed by atoms with Crippen LogP contribution in [0.15, 0.2) is 55.1 Å². The third-order valence-corrected chi connectivity index (χ3v) is 9.88. The van der Waals surface area contributed by atoms with Crippen molar-refractivity contribution in [2.45, 2.75) is 54.8 Å². The third-order valence-electron chi connectivity index (χ3n) is 4.29. The molecule has 24 heavy (non-hydrogen) atoms. The molecule has 0 radical (unpaired) electrons. The smallest absolute Gasteiger partial charge is 0.0149 e. The second-order valence-corrected chi connectivity index (χ2v) is 14.6. The van der Waals surface area contributed by atoms with Gasteiger partial charge in [0.05, 0.1) is 0 Å². The van der Waals surface area contributed by atoms with Crippen LogP contribution >= 0.6 is 0 Å². The normalized spacial score (nSPS) is 16.5. The Hall–Kier alpha value is -0.669. The molecule has 1 atom stereocenters. The predicted molar refractivity (Wildman–Crippen MR) is 114 cm³/mol. The maximum absolute atomic E-state index is 3.98. The molecule has 1 aliphatic carbocycles. The number of allylic oxidation sites excluding steroid dienone is 4. The second-order valence-electron chi connectivity index (χ2n) is 7.90. The van der Waals surface area contributed by atoms with Crippen molar-refractivity contribution in [3.05, 3.63) is 66.3 Å². The fourth-order valence-electron chi connectivity index (χ4n) is 3.72. The Bertz CT molecular complexity index is 603. The zero-order chi connectivity index (χ0) is 17.8. The fraction of sp³-hybridized carbons (Fsp3) is 0.429. The van der Waals surface area contributed by atoms with Crippen LogP contribution in [-0.2, 0) is 16.8 Å². The van der Waals surface area contributed by atoms with Gasteiger partial charge in [0.1, 0.15) is 0 Å². The van der Waals surface area contributed by atoms with Gasteiger partial charge in [-0.15, -0.1) is 0 Å². The van der Waals surface area contributed by atoms with E-state index in [4.69, 9.17) is 0 Å². The monoisotopic (exact) mass is 379 g/mol. The van der Waals surface area contributed by atoms with E-state index in [2.05, 4.69) is 86.3 Å². The number of nitrogens with one attached hydrogen (secondary N) is 1. The summed E-state index contributed by atoms with van der Waals surface area (Å²) in [7, 11) is 0. The van der Waals surface area contributed by atoms with Crippen LogP contribution in [0.4, 0.5) is 0 Å². The molecule has 0 bridgehead atoms. The standard InChI is InChI=1S/C11H11.C4H10N.C4H6.2CH3.H4Si.Ti/c1-8-7-10-5-3-4-6-11(10)9(8)2;1-4(2,3)5;1-3-4-2;;;;/h3-7H,1-2H3;5H,1-3H3;3-4H,1-2H2;2*1H3;1H4;/q;-1;;;;;+1. The predicted octanol–water partition coefficient (Wildman–Crippen LogP) is 4.99. The molecule has 0 fully saturated rings. The molecule has 0 aromatic heterocycles. The zero-order valence-corrected chi connectivity index (χ0v) is 17.5. The Labute approximate surface area is 158 Å². The van der Waals surface area contributed by atoms with Crippen molar-refractivity contribution in [2.75, 3.05) is 0 Å². The topological polar surface area (TPSA) is 12.0 Å². The van der Waals surface area contributed by atoms with Crippen LogP contribution in [0.5, 0.6) is 0 Å². The molecular weight excluding hydrogens is 342 g/mol. The molecule has 1 unspecified atom stereocenters. The minimum absolute atomic E-state index is 0. The van der Waals surface area contributed by atoms with Gasteiger partial charge in [0.2, 0.25) is 0 Å². The average Bonchev–Trinajstić information content (AvgIpc) is 2.69. The molecule has 1 aromatic rings.